The maximum absolute atomic E-state index is 12.4. The van der Waals surface area contributed by atoms with Crippen LogP contribution in [0.1, 0.15) is 37.0 Å². The molecule has 1 aliphatic heterocycles. The van der Waals surface area contributed by atoms with Gasteiger partial charge in [-0.1, -0.05) is 6.92 Å². The van der Waals surface area contributed by atoms with Crippen molar-refractivity contribution in [2.45, 2.75) is 27.2 Å². The number of benzene rings is 2. The summed E-state index contributed by atoms with van der Waals surface area (Å²) >= 11 is 2.17. The largest absolute Gasteiger partial charge is 0.490 e. The zero-order valence-electron chi connectivity index (χ0n) is 17.3. The van der Waals surface area contributed by atoms with Crippen molar-refractivity contribution >= 4 is 46.2 Å². The van der Waals surface area contributed by atoms with Gasteiger partial charge in [0.15, 0.2) is 17.2 Å². The van der Waals surface area contributed by atoms with Gasteiger partial charge in [-0.2, -0.15) is 0 Å². The van der Waals surface area contributed by atoms with Gasteiger partial charge in [-0.25, -0.2) is 9.79 Å². The van der Waals surface area contributed by atoms with E-state index in [1.165, 1.54) is 12.1 Å². The molecule has 0 atom stereocenters. The van der Waals surface area contributed by atoms with Crippen molar-refractivity contribution in [3.63, 3.8) is 0 Å². The van der Waals surface area contributed by atoms with Crippen LogP contribution in [-0.4, -0.2) is 30.0 Å². The van der Waals surface area contributed by atoms with Crippen molar-refractivity contribution in [3.05, 3.63) is 66.4 Å². The van der Waals surface area contributed by atoms with Crippen LogP contribution in [0, 0.1) is 20.6 Å². The van der Waals surface area contributed by atoms with Crippen LogP contribution in [0.5, 0.6) is 11.5 Å². The molecular formula is C22H21IN2O6. The van der Waals surface area contributed by atoms with Crippen molar-refractivity contribution in [2.75, 3.05) is 13.2 Å². The summed E-state index contributed by atoms with van der Waals surface area (Å²) in [5.74, 6) is 0.782. The Balaban J connectivity index is 1.94. The number of nitro groups is 1. The Labute approximate surface area is 193 Å². The van der Waals surface area contributed by atoms with E-state index in [2.05, 4.69) is 27.6 Å². The second-order valence-electron chi connectivity index (χ2n) is 6.71. The maximum atomic E-state index is 12.4. The van der Waals surface area contributed by atoms with Crippen LogP contribution in [0.3, 0.4) is 0 Å². The van der Waals surface area contributed by atoms with Crippen molar-refractivity contribution in [2.24, 2.45) is 4.99 Å². The molecule has 9 heteroatoms. The highest BCUT2D eigenvalue weighted by Crippen LogP contribution is 2.35. The summed E-state index contributed by atoms with van der Waals surface area (Å²) in [5, 5.41) is 11.0. The highest BCUT2D eigenvalue weighted by molar-refractivity contribution is 14.1. The lowest BCUT2D eigenvalue weighted by atomic mass is 10.1. The second-order valence-corrected chi connectivity index (χ2v) is 7.87. The molecule has 0 unspecified atom stereocenters. The predicted molar refractivity (Wildman–Crippen MR) is 125 cm³/mol. The minimum Gasteiger partial charge on any atom is -0.490 e. The van der Waals surface area contributed by atoms with Gasteiger partial charge in [-0.3, -0.25) is 10.1 Å². The van der Waals surface area contributed by atoms with E-state index in [-0.39, 0.29) is 17.3 Å². The van der Waals surface area contributed by atoms with E-state index in [1.54, 1.807) is 25.1 Å². The van der Waals surface area contributed by atoms with E-state index in [9.17, 15) is 14.9 Å². The molecule has 0 amide bonds. The molecular weight excluding hydrogens is 515 g/mol. The van der Waals surface area contributed by atoms with Crippen LogP contribution in [0.15, 0.2) is 41.0 Å². The Bertz CT molecular complexity index is 1090. The first kappa shape index (κ1) is 22.7. The topological polar surface area (TPSA) is 100 Å². The van der Waals surface area contributed by atoms with Gasteiger partial charge in [-0.15, -0.1) is 0 Å². The van der Waals surface area contributed by atoms with Gasteiger partial charge in [0.1, 0.15) is 0 Å². The molecule has 0 radical (unpaired) electrons. The summed E-state index contributed by atoms with van der Waals surface area (Å²) in [4.78, 5) is 27.2. The van der Waals surface area contributed by atoms with Crippen LogP contribution in [0.2, 0.25) is 0 Å². The van der Waals surface area contributed by atoms with E-state index in [1.807, 2.05) is 19.9 Å². The third-order valence-electron chi connectivity index (χ3n) is 4.35. The number of rotatable bonds is 8. The molecule has 0 saturated carbocycles. The molecule has 31 heavy (non-hydrogen) atoms. The fraction of sp³-hybridized carbons (Fsp3) is 0.273. The van der Waals surface area contributed by atoms with E-state index in [4.69, 9.17) is 14.2 Å². The number of aryl methyl sites for hydroxylation is 1. The third-order valence-corrected chi connectivity index (χ3v) is 5.15. The van der Waals surface area contributed by atoms with Gasteiger partial charge in [0, 0.05) is 17.2 Å². The normalized spacial score (nSPS) is 14.4. The molecule has 1 heterocycles. The molecule has 0 aliphatic carbocycles. The molecule has 3 rings (SSSR count). The molecule has 1 aliphatic rings. The third kappa shape index (κ3) is 5.22. The Morgan fingerprint density at radius 2 is 2.00 bits per heavy atom. The number of ether oxygens (including phenoxy) is 3. The Hall–Kier alpha value is -2.95. The maximum Gasteiger partial charge on any atom is 0.363 e. The molecule has 0 N–H and O–H groups in total. The molecule has 162 valence electrons. The molecule has 0 saturated heterocycles. The first-order valence-electron chi connectivity index (χ1n) is 9.71. The number of cyclic esters (lactones) is 1. The lowest BCUT2D eigenvalue weighted by Gasteiger charge is -2.14. The number of nitro benzene ring substituents is 1. The summed E-state index contributed by atoms with van der Waals surface area (Å²) in [7, 11) is 0. The average Bonchev–Trinajstić information content (AvgIpc) is 3.07. The predicted octanol–water partition coefficient (Wildman–Crippen LogP) is 5.04. The highest BCUT2D eigenvalue weighted by atomic mass is 127. The lowest BCUT2D eigenvalue weighted by molar-refractivity contribution is -0.385. The fourth-order valence-corrected chi connectivity index (χ4v) is 3.74. The first-order chi connectivity index (χ1) is 14.8. The van der Waals surface area contributed by atoms with E-state index >= 15 is 0 Å². The Kier molecular flexibility index (Phi) is 7.26. The number of aliphatic imine (C=N–C) groups is 1. The molecule has 0 fully saturated rings. The highest BCUT2D eigenvalue weighted by Gasteiger charge is 2.25. The molecule has 0 aromatic heterocycles. The summed E-state index contributed by atoms with van der Waals surface area (Å²) in [6.07, 6.45) is 2.49. The molecule has 8 nitrogen and oxygen atoms in total. The molecule has 2 aromatic carbocycles. The van der Waals surface area contributed by atoms with E-state index < -0.39 is 10.9 Å². The van der Waals surface area contributed by atoms with Crippen LogP contribution in [0.4, 0.5) is 5.69 Å². The molecule has 2 aromatic rings. The monoisotopic (exact) mass is 536 g/mol. The van der Waals surface area contributed by atoms with Crippen molar-refractivity contribution in [3.8, 4) is 11.5 Å². The van der Waals surface area contributed by atoms with Gasteiger partial charge in [0.05, 0.1) is 21.7 Å². The number of esters is 1. The molecule has 0 bridgehead atoms. The van der Waals surface area contributed by atoms with Crippen molar-refractivity contribution in [1.29, 1.82) is 0 Å². The number of hydrogen-bond donors (Lipinski definition) is 0. The van der Waals surface area contributed by atoms with Crippen LogP contribution in [0.25, 0.3) is 6.08 Å². The van der Waals surface area contributed by atoms with Gasteiger partial charge < -0.3 is 14.2 Å². The van der Waals surface area contributed by atoms with Gasteiger partial charge in [0.25, 0.3) is 5.69 Å². The fourth-order valence-electron chi connectivity index (χ4n) is 2.96. The van der Waals surface area contributed by atoms with Crippen LogP contribution < -0.4 is 9.47 Å². The Morgan fingerprint density at radius 1 is 1.23 bits per heavy atom. The first-order valence-corrected chi connectivity index (χ1v) is 10.8. The van der Waals surface area contributed by atoms with Crippen LogP contribution in [-0.2, 0) is 9.53 Å². The van der Waals surface area contributed by atoms with E-state index in [0.717, 1.165) is 9.99 Å². The number of hydrogen-bond acceptors (Lipinski definition) is 7. The zero-order valence-corrected chi connectivity index (χ0v) is 19.5. The number of halogens is 1. The van der Waals surface area contributed by atoms with Crippen molar-refractivity contribution < 1.29 is 23.9 Å². The zero-order chi connectivity index (χ0) is 22.5. The minimum absolute atomic E-state index is 0.00662. The van der Waals surface area contributed by atoms with Crippen LogP contribution >= 0.6 is 22.6 Å². The van der Waals surface area contributed by atoms with Gasteiger partial charge in [0.2, 0.25) is 5.90 Å². The Morgan fingerprint density at radius 3 is 2.65 bits per heavy atom. The van der Waals surface area contributed by atoms with Crippen molar-refractivity contribution in [1.82, 2.24) is 0 Å². The van der Waals surface area contributed by atoms with E-state index in [0.29, 0.717) is 41.4 Å². The number of nitrogens with zero attached hydrogens (tertiary/aromatic N) is 2. The summed E-state index contributed by atoms with van der Waals surface area (Å²) in [6, 6.07) is 8.12. The quantitative estimate of drug-likeness (QED) is 0.154. The summed E-state index contributed by atoms with van der Waals surface area (Å²) in [5.41, 5.74) is 1.79. The average molecular weight is 536 g/mol. The SMILES string of the molecule is CCCOc1c(I)cc(/C=C2\N=C(c3ccc([N+](=O)[O-])c(C)c3)OC2=O)cc1OCC. The standard InChI is InChI=1S/C22H21IN2O6/c1-4-8-30-20-16(23)10-14(12-19(20)29-5-2)11-17-22(26)31-21(24-17)15-6-7-18(25(27)28)13(3)9-15/h6-7,9-12H,4-5,8H2,1-3H3/b17-11-. The van der Waals surface area contributed by atoms with Gasteiger partial charge >= 0.3 is 5.97 Å². The summed E-state index contributed by atoms with van der Waals surface area (Å²) in [6.45, 7) is 6.58. The number of carbonyl (C=O) groups is 1. The second kappa shape index (κ2) is 9.90. The number of carbonyl (C=O) groups excluding carboxylic acids is 1. The summed E-state index contributed by atoms with van der Waals surface area (Å²) < 4.78 is 17.7. The molecule has 0 spiro atoms. The lowest BCUT2D eigenvalue weighted by Crippen LogP contribution is -2.06. The smallest absolute Gasteiger partial charge is 0.363 e. The minimum atomic E-state index is -0.592. The van der Waals surface area contributed by atoms with Gasteiger partial charge in [-0.05, 0) is 78.8 Å².